The third-order valence-electron chi connectivity index (χ3n) is 5.38. The van der Waals surface area contributed by atoms with Gasteiger partial charge in [0, 0.05) is 0 Å². The summed E-state index contributed by atoms with van der Waals surface area (Å²) in [4.78, 5) is 12.9. The van der Waals surface area contributed by atoms with E-state index in [1.165, 1.54) is 16.7 Å². The second-order valence-electron chi connectivity index (χ2n) is 7.91. The maximum absolute atomic E-state index is 12.9. The molecule has 1 aliphatic carbocycles. The van der Waals surface area contributed by atoms with Gasteiger partial charge in [-0.05, 0) is 63.3 Å². The number of amides is 1. The van der Waals surface area contributed by atoms with E-state index >= 15 is 0 Å². The number of hydrogen-bond acceptors (Lipinski definition) is 2. The summed E-state index contributed by atoms with van der Waals surface area (Å²) < 4.78 is 0. The molecule has 0 saturated heterocycles. The Balaban J connectivity index is 1.84. The fourth-order valence-electron chi connectivity index (χ4n) is 3.68. The van der Waals surface area contributed by atoms with Gasteiger partial charge in [-0.15, -0.1) is 0 Å². The van der Waals surface area contributed by atoms with Crippen molar-refractivity contribution in [2.75, 3.05) is 0 Å². The van der Waals surface area contributed by atoms with Gasteiger partial charge in [-0.1, -0.05) is 59.2 Å². The molecule has 136 valence electrons. The smallest absolute Gasteiger partial charge is 0.251 e. The van der Waals surface area contributed by atoms with E-state index in [0.29, 0.717) is 0 Å². The number of fused-ring (bicyclic) bond motifs is 1. The molecule has 1 N–H and O–H groups in total. The van der Waals surface area contributed by atoms with E-state index in [1.807, 2.05) is 45.0 Å². The van der Waals surface area contributed by atoms with Crippen molar-refractivity contribution in [3.05, 3.63) is 75.9 Å². The summed E-state index contributed by atoms with van der Waals surface area (Å²) in [6.45, 7) is 9.88. The van der Waals surface area contributed by atoms with Crippen LogP contribution < -0.4 is 0 Å². The molecule has 0 heterocycles. The van der Waals surface area contributed by atoms with E-state index in [2.05, 4.69) is 32.0 Å². The molecule has 0 aromatic heterocycles. The predicted molar refractivity (Wildman–Crippen MR) is 105 cm³/mol. The summed E-state index contributed by atoms with van der Waals surface area (Å²) in [5, 5.41) is 11.6. The van der Waals surface area contributed by atoms with Crippen LogP contribution in [0.4, 0.5) is 0 Å². The zero-order valence-electron chi connectivity index (χ0n) is 16.3. The van der Waals surface area contributed by atoms with Crippen LogP contribution in [0.1, 0.15) is 55.0 Å². The summed E-state index contributed by atoms with van der Waals surface area (Å²) in [5.41, 5.74) is 7.09. The summed E-state index contributed by atoms with van der Waals surface area (Å²) in [6.07, 6.45) is 1.10. The summed E-state index contributed by atoms with van der Waals surface area (Å²) in [5.74, 6) is -0.278. The van der Waals surface area contributed by atoms with Crippen molar-refractivity contribution in [2.24, 2.45) is 0 Å². The van der Waals surface area contributed by atoms with Gasteiger partial charge < -0.3 is 0 Å². The first kappa shape index (κ1) is 18.4. The molecule has 0 fully saturated rings. The van der Waals surface area contributed by atoms with Crippen molar-refractivity contribution >= 4 is 11.5 Å². The maximum atomic E-state index is 12.9. The molecule has 1 aliphatic rings. The Hall–Kier alpha value is -2.39. The molecular weight excluding hydrogens is 322 g/mol. The minimum Gasteiger partial charge on any atom is -0.285 e. The monoisotopic (exact) mass is 349 g/mol. The molecule has 0 unspecified atom stereocenters. The fourth-order valence-corrected chi connectivity index (χ4v) is 3.68. The molecule has 0 saturated carbocycles. The second-order valence-corrected chi connectivity index (χ2v) is 7.91. The van der Waals surface area contributed by atoms with Gasteiger partial charge in [-0.3, -0.25) is 10.0 Å². The Morgan fingerprint density at radius 3 is 2.46 bits per heavy atom. The third-order valence-corrected chi connectivity index (χ3v) is 5.38. The van der Waals surface area contributed by atoms with Gasteiger partial charge in [0.15, 0.2) is 0 Å². The minimum atomic E-state index is -0.786. The number of nitrogens with zero attached hydrogens (tertiary/aromatic N) is 1. The first-order chi connectivity index (χ1) is 12.2. The van der Waals surface area contributed by atoms with Gasteiger partial charge >= 0.3 is 0 Å². The maximum Gasteiger partial charge on any atom is 0.251 e. The number of aryl methyl sites for hydroxylation is 2. The van der Waals surface area contributed by atoms with E-state index in [0.717, 1.165) is 33.7 Å². The van der Waals surface area contributed by atoms with Crippen molar-refractivity contribution in [3.8, 4) is 0 Å². The highest BCUT2D eigenvalue weighted by Crippen LogP contribution is 2.37. The molecule has 0 atom stereocenters. The molecule has 2 aromatic carbocycles. The average Bonchev–Trinajstić information content (AvgIpc) is 2.89. The highest BCUT2D eigenvalue weighted by atomic mass is 16.5. The predicted octanol–water partition coefficient (Wildman–Crippen LogP) is 5.18. The topological polar surface area (TPSA) is 40.5 Å². The molecule has 26 heavy (non-hydrogen) atoms. The second kappa shape index (κ2) is 6.73. The number of hydrogen-bond donors (Lipinski definition) is 1. The molecule has 0 radical (unpaired) electrons. The molecule has 3 rings (SSSR count). The quantitative estimate of drug-likeness (QED) is 0.610. The van der Waals surface area contributed by atoms with E-state index < -0.39 is 5.54 Å². The third kappa shape index (κ3) is 3.32. The summed E-state index contributed by atoms with van der Waals surface area (Å²) in [6, 6.07) is 14.3. The van der Waals surface area contributed by atoms with Gasteiger partial charge in [-0.25, -0.2) is 5.06 Å². The van der Waals surface area contributed by atoms with Gasteiger partial charge in [0.1, 0.15) is 0 Å². The summed E-state index contributed by atoms with van der Waals surface area (Å²) in [7, 11) is 0. The number of benzene rings is 2. The van der Waals surface area contributed by atoms with Crippen molar-refractivity contribution in [1.29, 1.82) is 0 Å². The van der Waals surface area contributed by atoms with Crippen LogP contribution in [0, 0.1) is 13.8 Å². The number of rotatable bonds is 4. The van der Waals surface area contributed by atoms with E-state index in [-0.39, 0.29) is 12.3 Å². The number of hydroxylamine groups is 2. The van der Waals surface area contributed by atoms with Crippen LogP contribution in [0.5, 0.6) is 0 Å². The number of carbonyl (C=O) groups is 1. The van der Waals surface area contributed by atoms with Gasteiger partial charge in [0.2, 0.25) is 0 Å². The zero-order valence-corrected chi connectivity index (χ0v) is 16.3. The lowest BCUT2D eigenvalue weighted by Crippen LogP contribution is -2.43. The molecule has 1 amide bonds. The van der Waals surface area contributed by atoms with Crippen LogP contribution in [0.3, 0.4) is 0 Å². The van der Waals surface area contributed by atoms with E-state index in [4.69, 9.17) is 0 Å². The first-order valence-electron chi connectivity index (χ1n) is 9.07. The Morgan fingerprint density at radius 1 is 1.08 bits per heavy atom. The van der Waals surface area contributed by atoms with Crippen molar-refractivity contribution in [3.63, 3.8) is 0 Å². The van der Waals surface area contributed by atoms with Crippen LogP contribution in [0.25, 0.3) is 5.57 Å². The first-order valence-corrected chi connectivity index (χ1v) is 9.07. The van der Waals surface area contributed by atoms with Crippen LogP contribution in [0.15, 0.2) is 48.0 Å². The lowest BCUT2D eigenvalue weighted by molar-refractivity contribution is -0.190. The molecule has 0 spiro atoms. The SMILES string of the molecule is CC1=C(CC(=O)N(O)C(C)(C)c2cccc(C)c2)c2cc(C)ccc2C1. The normalized spacial score (nSPS) is 13.8. The van der Waals surface area contributed by atoms with Crippen molar-refractivity contribution in [2.45, 2.75) is 53.0 Å². The molecule has 3 heteroatoms. The summed E-state index contributed by atoms with van der Waals surface area (Å²) >= 11 is 0. The Labute approximate surface area is 155 Å². The van der Waals surface area contributed by atoms with Crippen molar-refractivity contribution in [1.82, 2.24) is 5.06 Å². The minimum absolute atomic E-state index is 0.216. The zero-order chi connectivity index (χ0) is 19.1. The molecular formula is C23H27NO2. The van der Waals surface area contributed by atoms with E-state index in [1.54, 1.807) is 0 Å². The molecule has 0 aliphatic heterocycles. The fraction of sp³-hybridized carbons (Fsp3) is 0.348. The Bertz CT molecular complexity index is 893. The Kier molecular flexibility index (Phi) is 4.76. The highest BCUT2D eigenvalue weighted by Gasteiger charge is 2.33. The number of allylic oxidation sites excluding steroid dienone is 1. The van der Waals surface area contributed by atoms with Gasteiger partial charge in [0.25, 0.3) is 5.91 Å². The Morgan fingerprint density at radius 2 is 1.77 bits per heavy atom. The van der Waals surface area contributed by atoms with Gasteiger partial charge in [0.05, 0.1) is 12.0 Å². The standard InChI is InChI=1S/C23H27NO2/c1-15-7-6-8-19(11-15)23(4,5)24(26)22(25)14-20-17(3)13-18-10-9-16(2)12-21(18)20/h6-12,26H,13-14H2,1-5H3. The van der Waals surface area contributed by atoms with Crippen molar-refractivity contribution < 1.29 is 10.0 Å². The molecule has 0 bridgehead atoms. The highest BCUT2D eigenvalue weighted by molar-refractivity contribution is 5.92. The van der Waals surface area contributed by atoms with Crippen LogP contribution >= 0.6 is 0 Å². The number of carbonyl (C=O) groups excluding carboxylic acids is 1. The molecule has 2 aromatic rings. The van der Waals surface area contributed by atoms with Crippen LogP contribution in [0.2, 0.25) is 0 Å². The van der Waals surface area contributed by atoms with Gasteiger partial charge in [-0.2, -0.15) is 0 Å². The lowest BCUT2D eigenvalue weighted by Gasteiger charge is -2.34. The van der Waals surface area contributed by atoms with E-state index in [9.17, 15) is 10.0 Å². The molecule has 3 nitrogen and oxygen atoms in total. The largest absolute Gasteiger partial charge is 0.285 e. The van der Waals surface area contributed by atoms with Crippen LogP contribution in [-0.4, -0.2) is 16.2 Å². The van der Waals surface area contributed by atoms with Crippen LogP contribution in [-0.2, 0) is 16.8 Å². The average molecular weight is 349 g/mol. The lowest BCUT2D eigenvalue weighted by atomic mass is 9.91.